The van der Waals surface area contributed by atoms with E-state index in [0.29, 0.717) is 0 Å². The highest BCUT2D eigenvalue weighted by atomic mass is 19.1. The highest BCUT2D eigenvalue weighted by molar-refractivity contribution is 5.70. The fourth-order valence-corrected chi connectivity index (χ4v) is 1.01. The molecule has 7 heteroatoms. The summed E-state index contributed by atoms with van der Waals surface area (Å²) in [6, 6.07) is -1.67. The molecule has 0 spiro atoms. The van der Waals surface area contributed by atoms with E-state index in [-0.39, 0.29) is 0 Å². The van der Waals surface area contributed by atoms with Gasteiger partial charge in [-0.3, -0.25) is 14.9 Å². The standard InChI is InChI=1S/C9H16FNO5/c1-9(2,3)16-8(13)4-6(11(14)15)7(12)5-10/h6-7,12H,4-5H2,1-3H3. The van der Waals surface area contributed by atoms with Crippen LogP contribution in [0.15, 0.2) is 0 Å². The van der Waals surface area contributed by atoms with Gasteiger partial charge in [-0.05, 0) is 20.8 Å². The van der Waals surface area contributed by atoms with E-state index in [1.807, 2.05) is 0 Å². The summed E-state index contributed by atoms with van der Waals surface area (Å²) in [6.45, 7) is 3.56. The summed E-state index contributed by atoms with van der Waals surface area (Å²) in [5.41, 5.74) is -0.765. The van der Waals surface area contributed by atoms with Gasteiger partial charge in [-0.25, -0.2) is 4.39 Å². The summed E-state index contributed by atoms with van der Waals surface area (Å²) in [5.74, 6) is -0.832. The lowest BCUT2D eigenvalue weighted by Crippen LogP contribution is -2.38. The lowest BCUT2D eigenvalue weighted by atomic mass is 10.1. The van der Waals surface area contributed by atoms with Crippen LogP contribution in [0.1, 0.15) is 27.2 Å². The van der Waals surface area contributed by atoms with Crippen LogP contribution in [0, 0.1) is 10.1 Å². The van der Waals surface area contributed by atoms with Gasteiger partial charge in [-0.1, -0.05) is 0 Å². The van der Waals surface area contributed by atoms with Crippen molar-refractivity contribution in [2.24, 2.45) is 0 Å². The van der Waals surface area contributed by atoms with Gasteiger partial charge in [0, 0.05) is 4.92 Å². The summed E-state index contributed by atoms with van der Waals surface area (Å²) in [4.78, 5) is 20.8. The molecule has 0 bridgehead atoms. The molecular formula is C9H16FNO5. The molecule has 2 atom stereocenters. The fourth-order valence-electron chi connectivity index (χ4n) is 1.01. The number of alkyl halides is 1. The van der Waals surface area contributed by atoms with Gasteiger partial charge < -0.3 is 9.84 Å². The summed E-state index contributed by atoms with van der Waals surface area (Å²) in [7, 11) is 0. The van der Waals surface area contributed by atoms with Crippen LogP contribution in [0.5, 0.6) is 0 Å². The molecule has 0 saturated heterocycles. The highest BCUT2D eigenvalue weighted by Crippen LogP contribution is 2.12. The summed E-state index contributed by atoms with van der Waals surface area (Å²) < 4.78 is 16.9. The summed E-state index contributed by atoms with van der Waals surface area (Å²) in [6.07, 6.45) is -2.43. The number of hydrogen-bond donors (Lipinski definition) is 1. The molecule has 0 aromatic carbocycles. The van der Waals surface area contributed by atoms with Crippen molar-refractivity contribution in [3.05, 3.63) is 10.1 Å². The molecule has 0 aliphatic carbocycles. The SMILES string of the molecule is CC(C)(C)OC(=O)CC(C(O)CF)[N+](=O)[O-]. The van der Waals surface area contributed by atoms with Crippen molar-refractivity contribution in [3.8, 4) is 0 Å². The predicted octanol–water partition coefficient (Wildman–Crippen LogP) is 0.694. The number of nitrogens with zero attached hydrogens (tertiary/aromatic N) is 1. The summed E-state index contributed by atoms with van der Waals surface area (Å²) in [5, 5.41) is 19.5. The van der Waals surface area contributed by atoms with E-state index < -0.39 is 41.7 Å². The molecule has 0 heterocycles. The molecule has 0 aliphatic rings. The van der Waals surface area contributed by atoms with Crippen molar-refractivity contribution in [1.82, 2.24) is 0 Å². The molecule has 2 unspecified atom stereocenters. The molecule has 0 rings (SSSR count). The Bertz CT molecular complexity index is 263. The number of ether oxygens (including phenoxy) is 1. The normalized spacial score (nSPS) is 15.3. The molecule has 0 aromatic heterocycles. The second-order valence-electron chi connectivity index (χ2n) is 4.36. The molecule has 0 saturated carbocycles. The zero-order valence-electron chi connectivity index (χ0n) is 9.47. The fraction of sp³-hybridized carbons (Fsp3) is 0.889. The maximum absolute atomic E-state index is 12.1. The van der Waals surface area contributed by atoms with Gasteiger partial charge in [-0.15, -0.1) is 0 Å². The molecule has 6 nitrogen and oxygen atoms in total. The largest absolute Gasteiger partial charge is 0.460 e. The molecule has 0 aliphatic heterocycles. The molecule has 1 N–H and O–H groups in total. The highest BCUT2D eigenvalue weighted by Gasteiger charge is 2.34. The van der Waals surface area contributed by atoms with Crippen molar-refractivity contribution >= 4 is 5.97 Å². The van der Waals surface area contributed by atoms with Crippen molar-refractivity contribution in [1.29, 1.82) is 0 Å². The quantitative estimate of drug-likeness (QED) is 0.431. The second-order valence-corrected chi connectivity index (χ2v) is 4.36. The average molecular weight is 237 g/mol. The lowest BCUT2D eigenvalue weighted by molar-refractivity contribution is -0.533. The first kappa shape index (κ1) is 14.8. The van der Waals surface area contributed by atoms with E-state index >= 15 is 0 Å². The summed E-state index contributed by atoms with van der Waals surface area (Å²) >= 11 is 0. The van der Waals surface area contributed by atoms with Gasteiger partial charge in [0.25, 0.3) is 6.04 Å². The molecule has 0 aromatic rings. The van der Waals surface area contributed by atoms with E-state index in [4.69, 9.17) is 9.84 Å². The Kier molecular flexibility index (Phi) is 5.29. The topological polar surface area (TPSA) is 89.7 Å². The van der Waals surface area contributed by atoms with Crippen LogP contribution in [-0.4, -0.2) is 40.4 Å². The van der Waals surface area contributed by atoms with Crippen molar-refractivity contribution in [3.63, 3.8) is 0 Å². The van der Waals surface area contributed by atoms with Crippen molar-refractivity contribution < 1.29 is 24.0 Å². The molecule has 16 heavy (non-hydrogen) atoms. The van der Waals surface area contributed by atoms with Gasteiger partial charge in [0.05, 0.1) is 0 Å². The Morgan fingerprint density at radius 2 is 2.06 bits per heavy atom. The van der Waals surface area contributed by atoms with E-state index in [9.17, 15) is 19.3 Å². The number of hydrogen-bond acceptors (Lipinski definition) is 5. The number of aliphatic hydroxyl groups is 1. The number of carbonyl (C=O) groups is 1. The first-order valence-corrected chi connectivity index (χ1v) is 4.76. The number of nitro groups is 1. The van der Waals surface area contributed by atoms with Crippen LogP contribution in [0.4, 0.5) is 4.39 Å². The third-order valence-electron chi connectivity index (χ3n) is 1.67. The van der Waals surface area contributed by atoms with Crippen LogP contribution in [0.3, 0.4) is 0 Å². The number of rotatable bonds is 5. The average Bonchev–Trinajstić information content (AvgIpc) is 2.09. The van der Waals surface area contributed by atoms with E-state index in [0.717, 1.165) is 0 Å². The maximum atomic E-state index is 12.1. The molecular weight excluding hydrogens is 221 g/mol. The van der Waals surface area contributed by atoms with Crippen LogP contribution in [0.2, 0.25) is 0 Å². The Labute approximate surface area is 92.5 Å². The first-order valence-electron chi connectivity index (χ1n) is 4.76. The minimum absolute atomic E-state index is 0.643. The van der Waals surface area contributed by atoms with E-state index in [1.165, 1.54) is 0 Å². The minimum Gasteiger partial charge on any atom is -0.460 e. The first-order chi connectivity index (χ1) is 7.17. The lowest BCUT2D eigenvalue weighted by Gasteiger charge is -2.20. The molecule has 94 valence electrons. The zero-order chi connectivity index (χ0) is 12.9. The van der Waals surface area contributed by atoms with Gasteiger partial charge >= 0.3 is 5.97 Å². The van der Waals surface area contributed by atoms with Crippen molar-refractivity contribution in [2.45, 2.75) is 44.9 Å². The smallest absolute Gasteiger partial charge is 0.313 e. The van der Waals surface area contributed by atoms with E-state index in [1.54, 1.807) is 20.8 Å². The predicted molar refractivity (Wildman–Crippen MR) is 53.2 cm³/mol. The third kappa shape index (κ3) is 5.59. The minimum atomic E-state index is -1.79. The number of esters is 1. The number of halogens is 1. The molecule has 0 fully saturated rings. The van der Waals surface area contributed by atoms with Gasteiger partial charge in [-0.2, -0.15) is 0 Å². The number of carbonyl (C=O) groups excluding carboxylic acids is 1. The maximum Gasteiger partial charge on any atom is 0.313 e. The third-order valence-corrected chi connectivity index (χ3v) is 1.67. The zero-order valence-corrected chi connectivity index (χ0v) is 9.47. The Morgan fingerprint density at radius 1 is 1.56 bits per heavy atom. The van der Waals surface area contributed by atoms with Crippen LogP contribution < -0.4 is 0 Å². The Hall–Kier alpha value is -1.24. The Balaban J connectivity index is 4.42. The van der Waals surface area contributed by atoms with Crippen LogP contribution in [-0.2, 0) is 9.53 Å². The monoisotopic (exact) mass is 237 g/mol. The number of aliphatic hydroxyl groups excluding tert-OH is 1. The van der Waals surface area contributed by atoms with Crippen LogP contribution in [0.25, 0.3) is 0 Å². The van der Waals surface area contributed by atoms with Gasteiger partial charge in [0.1, 0.15) is 24.8 Å². The van der Waals surface area contributed by atoms with Crippen molar-refractivity contribution in [2.75, 3.05) is 6.67 Å². The second kappa shape index (κ2) is 5.74. The molecule has 0 amide bonds. The Morgan fingerprint density at radius 3 is 2.38 bits per heavy atom. The van der Waals surface area contributed by atoms with Gasteiger partial charge in [0.2, 0.25) is 0 Å². The molecule has 0 radical (unpaired) electrons. The van der Waals surface area contributed by atoms with E-state index in [2.05, 4.69) is 0 Å². The van der Waals surface area contributed by atoms with Crippen LogP contribution >= 0.6 is 0 Å². The van der Waals surface area contributed by atoms with Gasteiger partial charge in [0.15, 0.2) is 0 Å².